The van der Waals surface area contributed by atoms with Gasteiger partial charge in [0.2, 0.25) is 0 Å². The smallest absolute Gasteiger partial charge is 0.133 e. The Balaban J connectivity index is 1.81. The van der Waals surface area contributed by atoms with E-state index in [1.165, 1.54) is 0 Å². The Morgan fingerprint density at radius 3 is 2.94 bits per heavy atom. The molecular formula is C12H17N5. The van der Waals surface area contributed by atoms with Crippen LogP contribution in [0, 0.1) is 0 Å². The van der Waals surface area contributed by atoms with Crippen molar-refractivity contribution in [3.8, 4) is 0 Å². The summed E-state index contributed by atoms with van der Waals surface area (Å²) < 4.78 is 1.94. The standard InChI is InChI=1S/C12H17N5/c1-10(11-5-3-4-7-14-11)13-8-6-12-16-15-9-17(12)2/h3-5,7,9-10,13H,6,8H2,1-2H3. The van der Waals surface area contributed by atoms with Gasteiger partial charge in [0, 0.05) is 32.3 Å². The lowest BCUT2D eigenvalue weighted by Gasteiger charge is -2.12. The first-order valence-electron chi connectivity index (χ1n) is 5.74. The lowest BCUT2D eigenvalue weighted by molar-refractivity contribution is 0.553. The van der Waals surface area contributed by atoms with E-state index in [-0.39, 0.29) is 6.04 Å². The van der Waals surface area contributed by atoms with Gasteiger partial charge in [-0.3, -0.25) is 4.98 Å². The molecule has 2 heterocycles. The van der Waals surface area contributed by atoms with Gasteiger partial charge in [0.05, 0.1) is 5.69 Å². The Labute approximate surface area is 101 Å². The second-order valence-corrected chi connectivity index (χ2v) is 4.04. The van der Waals surface area contributed by atoms with Crippen LogP contribution in [0.5, 0.6) is 0 Å². The second-order valence-electron chi connectivity index (χ2n) is 4.04. The van der Waals surface area contributed by atoms with Crippen LogP contribution in [0.4, 0.5) is 0 Å². The minimum atomic E-state index is 0.254. The molecule has 2 aromatic rings. The molecule has 0 saturated carbocycles. The van der Waals surface area contributed by atoms with Gasteiger partial charge in [0.1, 0.15) is 12.2 Å². The third-order valence-corrected chi connectivity index (χ3v) is 2.74. The summed E-state index contributed by atoms with van der Waals surface area (Å²) in [5, 5.41) is 11.3. The van der Waals surface area contributed by atoms with E-state index in [1.54, 1.807) is 6.33 Å². The molecular weight excluding hydrogens is 214 g/mol. The summed E-state index contributed by atoms with van der Waals surface area (Å²) in [7, 11) is 1.96. The molecule has 90 valence electrons. The van der Waals surface area contributed by atoms with Gasteiger partial charge >= 0.3 is 0 Å². The zero-order valence-corrected chi connectivity index (χ0v) is 10.2. The Kier molecular flexibility index (Phi) is 3.82. The van der Waals surface area contributed by atoms with Gasteiger partial charge in [-0.2, -0.15) is 0 Å². The molecule has 17 heavy (non-hydrogen) atoms. The van der Waals surface area contributed by atoms with E-state index in [0.29, 0.717) is 0 Å². The maximum absolute atomic E-state index is 4.32. The van der Waals surface area contributed by atoms with Crippen molar-refractivity contribution >= 4 is 0 Å². The highest BCUT2D eigenvalue weighted by molar-refractivity contribution is 5.07. The fraction of sp³-hybridized carbons (Fsp3) is 0.417. The minimum absolute atomic E-state index is 0.254. The van der Waals surface area contributed by atoms with Crippen molar-refractivity contribution in [1.82, 2.24) is 25.1 Å². The molecule has 2 rings (SSSR count). The van der Waals surface area contributed by atoms with Gasteiger partial charge < -0.3 is 9.88 Å². The number of nitrogens with one attached hydrogen (secondary N) is 1. The zero-order valence-electron chi connectivity index (χ0n) is 10.2. The van der Waals surface area contributed by atoms with Crippen molar-refractivity contribution in [1.29, 1.82) is 0 Å². The molecule has 0 aliphatic carbocycles. The highest BCUT2D eigenvalue weighted by atomic mass is 15.2. The van der Waals surface area contributed by atoms with Gasteiger partial charge in [-0.05, 0) is 19.1 Å². The Morgan fingerprint density at radius 2 is 2.29 bits per heavy atom. The van der Waals surface area contributed by atoms with E-state index in [1.807, 2.05) is 36.0 Å². The van der Waals surface area contributed by atoms with Gasteiger partial charge in [0.25, 0.3) is 0 Å². The van der Waals surface area contributed by atoms with Crippen molar-refractivity contribution in [2.75, 3.05) is 6.54 Å². The molecule has 5 heteroatoms. The number of aromatic nitrogens is 4. The molecule has 0 amide bonds. The summed E-state index contributed by atoms with van der Waals surface area (Å²) in [4.78, 5) is 4.32. The molecule has 0 bridgehead atoms. The van der Waals surface area contributed by atoms with Gasteiger partial charge in [-0.25, -0.2) is 0 Å². The Bertz CT molecular complexity index is 451. The topological polar surface area (TPSA) is 55.6 Å². The van der Waals surface area contributed by atoms with E-state index < -0.39 is 0 Å². The largest absolute Gasteiger partial charge is 0.321 e. The monoisotopic (exact) mass is 231 g/mol. The zero-order chi connectivity index (χ0) is 12.1. The fourth-order valence-electron chi connectivity index (χ4n) is 1.67. The molecule has 0 radical (unpaired) electrons. The van der Waals surface area contributed by atoms with Crippen LogP contribution >= 0.6 is 0 Å². The molecule has 5 nitrogen and oxygen atoms in total. The van der Waals surface area contributed by atoms with E-state index in [2.05, 4.69) is 27.4 Å². The SMILES string of the molecule is CC(NCCc1nncn1C)c1ccccn1. The first-order chi connectivity index (χ1) is 8.27. The highest BCUT2D eigenvalue weighted by Crippen LogP contribution is 2.07. The van der Waals surface area contributed by atoms with Crippen molar-refractivity contribution in [2.45, 2.75) is 19.4 Å². The molecule has 1 unspecified atom stereocenters. The molecule has 0 fully saturated rings. The normalized spacial score (nSPS) is 12.6. The summed E-state index contributed by atoms with van der Waals surface area (Å²) in [6.45, 7) is 2.98. The second kappa shape index (κ2) is 5.54. The summed E-state index contributed by atoms with van der Waals surface area (Å²) >= 11 is 0. The van der Waals surface area contributed by atoms with Crippen LogP contribution in [0.2, 0.25) is 0 Å². The lowest BCUT2D eigenvalue weighted by Crippen LogP contribution is -2.23. The number of pyridine rings is 1. The van der Waals surface area contributed by atoms with Crippen LogP contribution in [0.3, 0.4) is 0 Å². The molecule has 1 N–H and O–H groups in total. The van der Waals surface area contributed by atoms with Crippen LogP contribution in [0.15, 0.2) is 30.7 Å². The van der Waals surface area contributed by atoms with Crippen LogP contribution in [0.25, 0.3) is 0 Å². The van der Waals surface area contributed by atoms with E-state index >= 15 is 0 Å². The van der Waals surface area contributed by atoms with Crippen molar-refractivity contribution in [3.63, 3.8) is 0 Å². The van der Waals surface area contributed by atoms with Crippen molar-refractivity contribution in [2.24, 2.45) is 7.05 Å². The molecule has 0 aromatic carbocycles. The number of hydrogen-bond acceptors (Lipinski definition) is 4. The predicted octanol–water partition coefficient (Wildman–Crippen LogP) is 1.10. The molecule has 0 aliphatic heterocycles. The number of hydrogen-bond donors (Lipinski definition) is 1. The molecule has 2 aromatic heterocycles. The summed E-state index contributed by atoms with van der Waals surface area (Å²) in [6, 6.07) is 6.21. The summed E-state index contributed by atoms with van der Waals surface area (Å²) in [5.41, 5.74) is 1.06. The average molecular weight is 231 g/mol. The molecule has 0 aliphatic rings. The lowest BCUT2D eigenvalue weighted by atomic mass is 10.2. The maximum atomic E-state index is 4.32. The van der Waals surface area contributed by atoms with E-state index in [4.69, 9.17) is 0 Å². The minimum Gasteiger partial charge on any atom is -0.321 e. The van der Waals surface area contributed by atoms with E-state index in [0.717, 1.165) is 24.5 Å². The maximum Gasteiger partial charge on any atom is 0.133 e. The van der Waals surface area contributed by atoms with Crippen LogP contribution in [0.1, 0.15) is 24.5 Å². The van der Waals surface area contributed by atoms with Crippen LogP contribution in [-0.4, -0.2) is 26.3 Å². The molecule has 1 atom stereocenters. The third kappa shape index (κ3) is 3.10. The Hall–Kier alpha value is -1.75. The molecule has 0 spiro atoms. The van der Waals surface area contributed by atoms with Gasteiger partial charge in [0.15, 0.2) is 0 Å². The number of aryl methyl sites for hydroxylation is 1. The Morgan fingerprint density at radius 1 is 1.41 bits per heavy atom. The van der Waals surface area contributed by atoms with E-state index in [9.17, 15) is 0 Å². The van der Waals surface area contributed by atoms with Crippen molar-refractivity contribution < 1.29 is 0 Å². The number of nitrogens with zero attached hydrogens (tertiary/aromatic N) is 4. The summed E-state index contributed by atoms with van der Waals surface area (Å²) in [5.74, 6) is 0.991. The fourth-order valence-corrected chi connectivity index (χ4v) is 1.67. The van der Waals surface area contributed by atoms with Gasteiger partial charge in [-0.15, -0.1) is 10.2 Å². The first-order valence-corrected chi connectivity index (χ1v) is 5.74. The van der Waals surface area contributed by atoms with Crippen LogP contribution in [-0.2, 0) is 13.5 Å². The molecule has 0 saturated heterocycles. The average Bonchev–Trinajstić information content (AvgIpc) is 2.76. The quantitative estimate of drug-likeness (QED) is 0.837. The van der Waals surface area contributed by atoms with Crippen molar-refractivity contribution in [3.05, 3.63) is 42.2 Å². The van der Waals surface area contributed by atoms with Gasteiger partial charge in [-0.1, -0.05) is 6.07 Å². The predicted molar refractivity (Wildman–Crippen MR) is 65.4 cm³/mol. The highest BCUT2D eigenvalue weighted by Gasteiger charge is 2.06. The summed E-state index contributed by atoms with van der Waals surface area (Å²) in [6.07, 6.45) is 4.40. The van der Waals surface area contributed by atoms with Crippen LogP contribution < -0.4 is 5.32 Å². The third-order valence-electron chi connectivity index (χ3n) is 2.74. The first kappa shape index (κ1) is 11.7. The number of rotatable bonds is 5.